The lowest BCUT2D eigenvalue weighted by atomic mass is 10.2. The second-order valence-corrected chi connectivity index (χ2v) is 5.46. The highest BCUT2D eigenvalue weighted by Crippen LogP contribution is 2.24. The molecule has 1 N–H and O–H groups in total. The number of nitrogens with zero attached hydrogens (tertiary/aromatic N) is 1. The van der Waals surface area contributed by atoms with Gasteiger partial charge in [-0.25, -0.2) is 0 Å². The van der Waals surface area contributed by atoms with E-state index in [0.717, 1.165) is 10.8 Å². The summed E-state index contributed by atoms with van der Waals surface area (Å²) in [5, 5.41) is 6.08. The molecule has 0 aliphatic heterocycles. The van der Waals surface area contributed by atoms with E-state index in [0.29, 0.717) is 0 Å². The zero-order valence-corrected chi connectivity index (χ0v) is 12.1. The maximum Gasteiger partial charge on any atom is 0.173 e. The standard InChI is InChI=1S/C14H16N2S2/c1-11(13-9-6-10-18-13)16(2)14(17)15-12-7-4-3-5-8-12/h3-11H,1-2H3,(H,15,17). The first-order valence-electron chi connectivity index (χ1n) is 5.81. The van der Waals surface area contributed by atoms with Crippen molar-refractivity contribution in [3.05, 3.63) is 52.7 Å². The van der Waals surface area contributed by atoms with Crippen LogP contribution < -0.4 is 5.32 Å². The van der Waals surface area contributed by atoms with Gasteiger partial charge in [-0.1, -0.05) is 24.3 Å². The number of anilines is 1. The summed E-state index contributed by atoms with van der Waals surface area (Å²) in [6.07, 6.45) is 0. The van der Waals surface area contributed by atoms with Crippen LogP contribution in [0.15, 0.2) is 47.8 Å². The molecule has 94 valence electrons. The minimum Gasteiger partial charge on any atom is -0.345 e. The summed E-state index contributed by atoms with van der Waals surface area (Å²) in [7, 11) is 2.02. The van der Waals surface area contributed by atoms with E-state index in [1.165, 1.54) is 4.88 Å². The SMILES string of the molecule is CC(c1cccs1)N(C)C(=S)Nc1ccccc1. The minimum atomic E-state index is 0.286. The molecule has 1 aromatic heterocycles. The van der Waals surface area contributed by atoms with Gasteiger partial charge >= 0.3 is 0 Å². The molecule has 1 heterocycles. The van der Waals surface area contributed by atoms with E-state index in [1.807, 2.05) is 37.4 Å². The van der Waals surface area contributed by atoms with E-state index in [9.17, 15) is 0 Å². The van der Waals surface area contributed by atoms with Crippen LogP contribution in [0.4, 0.5) is 5.69 Å². The highest BCUT2D eigenvalue weighted by molar-refractivity contribution is 7.80. The molecule has 2 aromatic rings. The maximum absolute atomic E-state index is 5.43. The summed E-state index contributed by atoms with van der Waals surface area (Å²) in [4.78, 5) is 3.39. The van der Waals surface area contributed by atoms with Gasteiger partial charge in [-0.2, -0.15) is 0 Å². The first-order chi connectivity index (χ1) is 8.68. The highest BCUT2D eigenvalue weighted by atomic mass is 32.1. The summed E-state index contributed by atoms with van der Waals surface area (Å²) in [5.41, 5.74) is 1.02. The van der Waals surface area contributed by atoms with Crippen molar-refractivity contribution in [2.75, 3.05) is 12.4 Å². The number of thiophene rings is 1. The third-order valence-electron chi connectivity index (χ3n) is 2.88. The predicted molar refractivity (Wildman–Crippen MR) is 83.2 cm³/mol. The topological polar surface area (TPSA) is 15.3 Å². The highest BCUT2D eigenvalue weighted by Gasteiger charge is 2.15. The van der Waals surface area contributed by atoms with E-state index in [4.69, 9.17) is 12.2 Å². The van der Waals surface area contributed by atoms with Crippen LogP contribution in [-0.2, 0) is 0 Å². The zero-order chi connectivity index (χ0) is 13.0. The molecule has 2 rings (SSSR count). The van der Waals surface area contributed by atoms with Gasteiger partial charge in [-0.15, -0.1) is 11.3 Å². The fourth-order valence-electron chi connectivity index (χ4n) is 1.63. The molecule has 0 saturated carbocycles. The smallest absolute Gasteiger partial charge is 0.173 e. The van der Waals surface area contributed by atoms with Gasteiger partial charge in [-0.3, -0.25) is 0 Å². The maximum atomic E-state index is 5.43. The number of benzene rings is 1. The molecule has 0 aliphatic carbocycles. The zero-order valence-electron chi connectivity index (χ0n) is 10.5. The second-order valence-electron chi connectivity index (χ2n) is 4.10. The van der Waals surface area contributed by atoms with Gasteiger partial charge in [0.15, 0.2) is 5.11 Å². The van der Waals surface area contributed by atoms with Gasteiger partial charge in [0.05, 0.1) is 6.04 Å². The Labute approximate surface area is 117 Å². The van der Waals surface area contributed by atoms with Crippen LogP contribution in [0.3, 0.4) is 0 Å². The van der Waals surface area contributed by atoms with Crippen LogP contribution in [0, 0.1) is 0 Å². The summed E-state index contributed by atoms with van der Waals surface area (Å²) in [6, 6.07) is 14.5. The molecule has 1 aromatic carbocycles. The Kier molecular flexibility index (Phi) is 4.33. The average Bonchev–Trinajstić information content (AvgIpc) is 2.92. The Morgan fingerprint density at radius 1 is 1.22 bits per heavy atom. The Balaban J connectivity index is 2.01. The van der Waals surface area contributed by atoms with Crippen molar-refractivity contribution in [1.29, 1.82) is 0 Å². The lowest BCUT2D eigenvalue weighted by Crippen LogP contribution is -2.33. The van der Waals surface area contributed by atoms with Crippen molar-refractivity contribution in [1.82, 2.24) is 4.90 Å². The van der Waals surface area contributed by atoms with E-state index in [-0.39, 0.29) is 6.04 Å². The van der Waals surface area contributed by atoms with E-state index < -0.39 is 0 Å². The molecule has 2 nitrogen and oxygen atoms in total. The van der Waals surface area contributed by atoms with Gasteiger partial charge in [0.25, 0.3) is 0 Å². The van der Waals surface area contributed by atoms with Gasteiger partial charge in [0, 0.05) is 17.6 Å². The molecule has 0 spiro atoms. The third kappa shape index (κ3) is 3.09. The summed E-state index contributed by atoms with van der Waals surface area (Å²) >= 11 is 7.18. The summed E-state index contributed by atoms with van der Waals surface area (Å²) in [5.74, 6) is 0. The Morgan fingerprint density at radius 2 is 1.94 bits per heavy atom. The van der Waals surface area contributed by atoms with Crippen LogP contribution >= 0.6 is 23.6 Å². The lowest BCUT2D eigenvalue weighted by Gasteiger charge is -2.27. The fourth-order valence-corrected chi connectivity index (χ4v) is 2.73. The van der Waals surface area contributed by atoms with E-state index in [2.05, 4.69) is 34.7 Å². The van der Waals surface area contributed by atoms with E-state index >= 15 is 0 Å². The molecule has 4 heteroatoms. The predicted octanol–water partition coefficient (Wildman–Crippen LogP) is 4.14. The number of hydrogen-bond donors (Lipinski definition) is 1. The molecule has 1 atom stereocenters. The van der Waals surface area contributed by atoms with E-state index in [1.54, 1.807) is 11.3 Å². The Hall–Kier alpha value is -1.39. The Morgan fingerprint density at radius 3 is 2.56 bits per heavy atom. The first kappa shape index (κ1) is 13.1. The van der Waals surface area contributed by atoms with Crippen molar-refractivity contribution in [2.45, 2.75) is 13.0 Å². The van der Waals surface area contributed by atoms with Gasteiger partial charge in [-0.05, 0) is 42.7 Å². The first-order valence-corrected chi connectivity index (χ1v) is 7.09. The second kappa shape index (κ2) is 5.98. The molecule has 0 amide bonds. The summed E-state index contributed by atoms with van der Waals surface area (Å²) in [6.45, 7) is 2.16. The normalized spacial score (nSPS) is 11.9. The largest absolute Gasteiger partial charge is 0.345 e. The molecular weight excluding hydrogens is 260 g/mol. The van der Waals surface area contributed by atoms with Gasteiger partial charge in [0.1, 0.15) is 0 Å². The molecule has 0 fully saturated rings. The number of para-hydroxylation sites is 1. The molecular formula is C14H16N2S2. The van der Waals surface area contributed by atoms with Gasteiger partial charge < -0.3 is 10.2 Å². The number of rotatable bonds is 3. The van der Waals surface area contributed by atoms with Crippen LogP contribution in [-0.4, -0.2) is 17.1 Å². The lowest BCUT2D eigenvalue weighted by molar-refractivity contribution is 0.414. The fraction of sp³-hybridized carbons (Fsp3) is 0.214. The van der Waals surface area contributed by atoms with Crippen molar-refractivity contribution in [3.63, 3.8) is 0 Å². The van der Waals surface area contributed by atoms with Gasteiger partial charge in [0.2, 0.25) is 0 Å². The molecule has 0 radical (unpaired) electrons. The van der Waals surface area contributed by atoms with Crippen LogP contribution in [0.1, 0.15) is 17.8 Å². The van der Waals surface area contributed by atoms with Crippen LogP contribution in [0.2, 0.25) is 0 Å². The van der Waals surface area contributed by atoms with Crippen molar-refractivity contribution in [2.24, 2.45) is 0 Å². The molecule has 0 bridgehead atoms. The van der Waals surface area contributed by atoms with Crippen molar-refractivity contribution in [3.8, 4) is 0 Å². The Bertz CT molecular complexity index is 494. The molecule has 1 unspecified atom stereocenters. The minimum absolute atomic E-state index is 0.286. The monoisotopic (exact) mass is 276 g/mol. The molecule has 18 heavy (non-hydrogen) atoms. The third-order valence-corrected chi connectivity index (χ3v) is 4.31. The van der Waals surface area contributed by atoms with Crippen LogP contribution in [0.25, 0.3) is 0 Å². The average molecular weight is 276 g/mol. The van der Waals surface area contributed by atoms with Crippen molar-refractivity contribution < 1.29 is 0 Å². The number of nitrogens with one attached hydrogen (secondary N) is 1. The van der Waals surface area contributed by atoms with Crippen molar-refractivity contribution >= 4 is 34.4 Å². The molecule has 0 saturated heterocycles. The molecule has 0 aliphatic rings. The number of hydrogen-bond acceptors (Lipinski definition) is 2. The van der Waals surface area contributed by atoms with Crippen LogP contribution in [0.5, 0.6) is 0 Å². The quantitative estimate of drug-likeness (QED) is 0.848. The number of thiocarbonyl (C=S) groups is 1. The summed E-state index contributed by atoms with van der Waals surface area (Å²) < 4.78 is 0.